The average molecular weight is 273 g/mol. The van der Waals surface area contributed by atoms with Crippen LogP contribution in [-0.2, 0) is 0 Å². The molecule has 0 saturated heterocycles. The molecule has 2 aromatic rings. The summed E-state index contributed by atoms with van der Waals surface area (Å²) in [6, 6.07) is 9.31. The van der Waals surface area contributed by atoms with E-state index in [4.69, 9.17) is 0 Å². The van der Waals surface area contributed by atoms with Crippen molar-refractivity contribution in [3.63, 3.8) is 0 Å². The van der Waals surface area contributed by atoms with Crippen LogP contribution in [0.4, 0.5) is 0 Å². The summed E-state index contributed by atoms with van der Waals surface area (Å²) in [6.45, 7) is 9.84. The Hall–Kier alpha value is -1.12. The largest absolute Gasteiger partial charge is 0.306 e. The molecule has 2 rings (SSSR count). The van der Waals surface area contributed by atoms with Crippen molar-refractivity contribution in [3.8, 4) is 0 Å². The van der Waals surface area contributed by atoms with E-state index in [0.29, 0.717) is 6.04 Å². The fourth-order valence-corrected chi connectivity index (χ4v) is 3.48. The van der Waals surface area contributed by atoms with Crippen LogP contribution >= 0.6 is 11.3 Å². The van der Waals surface area contributed by atoms with Crippen LogP contribution in [0.1, 0.15) is 46.5 Å². The van der Waals surface area contributed by atoms with Gasteiger partial charge >= 0.3 is 0 Å². The van der Waals surface area contributed by atoms with Crippen LogP contribution in [-0.4, -0.2) is 6.54 Å². The molecule has 0 bridgehead atoms. The molecule has 19 heavy (non-hydrogen) atoms. The molecule has 1 N–H and O–H groups in total. The maximum Gasteiger partial charge on any atom is 0.0676 e. The quantitative estimate of drug-likeness (QED) is 0.828. The summed E-state index contributed by atoms with van der Waals surface area (Å²) >= 11 is 1.85. The third kappa shape index (κ3) is 3.26. The van der Waals surface area contributed by atoms with Crippen LogP contribution in [0.2, 0.25) is 0 Å². The van der Waals surface area contributed by atoms with Gasteiger partial charge in [0, 0.05) is 4.88 Å². The molecule has 0 aliphatic rings. The molecule has 0 fully saturated rings. The van der Waals surface area contributed by atoms with Crippen LogP contribution in [0, 0.1) is 20.8 Å². The molecule has 2 heteroatoms. The summed E-state index contributed by atoms with van der Waals surface area (Å²) in [7, 11) is 0. The molecule has 0 spiro atoms. The fourth-order valence-electron chi connectivity index (χ4n) is 2.46. The number of hydrogen-bond acceptors (Lipinski definition) is 2. The molecule has 0 aliphatic carbocycles. The zero-order chi connectivity index (χ0) is 13.8. The normalized spacial score (nSPS) is 12.6. The lowest BCUT2D eigenvalue weighted by Gasteiger charge is -2.21. The third-order valence-electron chi connectivity index (χ3n) is 3.50. The number of nitrogens with one attached hydrogen (secondary N) is 1. The van der Waals surface area contributed by atoms with E-state index in [1.54, 1.807) is 0 Å². The first-order valence-corrected chi connectivity index (χ1v) is 7.86. The molecule has 1 atom stereocenters. The van der Waals surface area contributed by atoms with Crippen molar-refractivity contribution < 1.29 is 0 Å². The lowest BCUT2D eigenvalue weighted by molar-refractivity contribution is 0.601. The van der Waals surface area contributed by atoms with Gasteiger partial charge in [-0.1, -0.05) is 30.7 Å². The van der Waals surface area contributed by atoms with Crippen molar-refractivity contribution in [1.29, 1.82) is 0 Å². The third-order valence-corrected chi connectivity index (χ3v) is 4.58. The number of benzene rings is 1. The Bertz CT molecular complexity index is 542. The van der Waals surface area contributed by atoms with E-state index in [-0.39, 0.29) is 0 Å². The first kappa shape index (κ1) is 14.3. The molecule has 1 heterocycles. The smallest absolute Gasteiger partial charge is 0.0676 e. The monoisotopic (exact) mass is 273 g/mol. The van der Waals surface area contributed by atoms with Gasteiger partial charge in [0.05, 0.1) is 6.04 Å². The van der Waals surface area contributed by atoms with E-state index in [1.165, 1.54) is 27.1 Å². The molecule has 0 saturated carbocycles. The maximum atomic E-state index is 3.70. The highest BCUT2D eigenvalue weighted by atomic mass is 32.1. The first-order chi connectivity index (χ1) is 9.13. The van der Waals surface area contributed by atoms with Gasteiger partial charge in [0.15, 0.2) is 0 Å². The van der Waals surface area contributed by atoms with Crippen molar-refractivity contribution in [1.82, 2.24) is 5.32 Å². The Balaban J connectivity index is 2.40. The minimum absolute atomic E-state index is 0.334. The van der Waals surface area contributed by atoms with Crippen LogP contribution in [0.5, 0.6) is 0 Å². The van der Waals surface area contributed by atoms with Gasteiger partial charge in [0.25, 0.3) is 0 Å². The maximum absolute atomic E-state index is 3.70. The molecule has 0 radical (unpaired) electrons. The van der Waals surface area contributed by atoms with Gasteiger partial charge in [-0.2, -0.15) is 0 Å². The summed E-state index contributed by atoms with van der Waals surface area (Å²) in [5, 5.41) is 5.89. The van der Waals surface area contributed by atoms with Gasteiger partial charge in [0.1, 0.15) is 0 Å². The molecule has 1 unspecified atom stereocenters. The highest BCUT2D eigenvalue weighted by molar-refractivity contribution is 7.10. The summed E-state index contributed by atoms with van der Waals surface area (Å²) < 4.78 is 0. The van der Waals surface area contributed by atoms with Crippen LogP contribution in [0.3, 0.4) is 0 Å². The standard InChI is InChI=1S/C17H23NS/c1-5-9-18-16(17-13(3)8-10-19-17)15-7-6-12(2)11-14(15)4/h6-8,10-11,16,18H,5,9H2,1-4H3. The van der Waals surface area contributed by atoms with Crippen LogP contribution < -0.4 is 5.32 Å². The number of rotatable bonds is 5. The molecular weight excluding hydrogens is 250 g/mol. The van der Waals surface area contributed by atoms with Crippen molar-refractivity contribution >= 4 is 11.3 Å². The van der Waals surface area contributed by atoms with Gasteiger partial charge in [-0.25, -0.2) is 0 Å². The topological polar surface area (TPSA) is 12.0 Å². The highest BCUT2D eigenvalue weighted by Crippen LogP contribution is 2.31. The Labute approximate surface area is 120 Å². The summed E-state index contributed by atoms with van der Waals surface area (Å²) in [6.07, 6.45) is 1.16. The zero-order valence-electron chi connectivity index (χ0n) is 12.3. The van der Waals surface area contributed by atoms with E-state index in [2.05, 4.69) is 62.7 Å². The number of hydrogen-bond donors (Lipinski definition) is 1. The Morgan fingerprint density at radius 1 is 1.11 bits per heavy atom. The second kappa shape index (κ2) is 6.36. The number of aryl methyl sites for hydroxylation is 3. The van der Waals surface area contributed by atoms with Crippen molar-refractivity contribution in [3.05, 3.63) is 56.8 Å². The second-order valence-corrected chi connectivity index (χ2v) is 6.16. The predicted octanol–water partition coefficient (Wildman–Crippen LogP) is 4.76. The van der Waals surface area contributed by atoms with Crippen LogP contribution in [0.15, 0.2) is 29.6 Å². The van der Waals surface area contributed by atoms with E-state index in [9.17, 15) is 0 Å². The lowest BCUT2D eigenvalue weighted by Crippen LogP contribution is -2.23. The van der Waals surface area contributed by atoms with Crippen molar-refractivity contribution in [2.45, 2.75) is 40.2 Å². The SMILES string of the molecule is CCCNC(c1ccc(C)cc1C)c1sccc1C. The van der Waals surface area contributed by atoms with Gasteiger partial charge in [-0.15, -0.1) is 11.3 Å². The molecule has 0 amide bonds. The Kier molecular flexibility index (Phi) is 4.78. The van der Waals surface area contributed by atoms with Crippen molar-refractivity contribution in [2.24, 2.45) is 0 Å². The van der Waals surface area contributed by atoms with Gasteiger partial charge < -0.3 is 5.32 Å². The molecular formula is C17H23NS. The average Bonchev–Trinajstić information content (AvgIpc) is 2.78. The molecule has 1 aromatic heterocycles. The zero-order valence-corrected chi connectivity index (χ0v) is 13.1. The predicted molar refractivity (Wildman–Crippen MR) is 85.1 cm³/mol. The summed E-state index contributed by atoms with van der Waals surface area (Å²) in [5.74, 6) is 0. The fraction of sp³-hybridized carbons (Fsp3) is 0.412. The summed E-state index contributed by atoms with van der Waals surface area (Å²) in [4.78, 5) is 1.44. The van der Waals surface area contributed by atoms with Gasteiger partial charge in [0.2, 0.25) is 0 Å². The van der Waals surface area contributed by atoms with E-state index in [1.807, 2.05) is 11.3 Å². The lowest BCUT2D eigenvalue weighted by atomic mass is 9.96. The molecule has 102 valence electrons. The van der Waals surface area contributed by atoms with Crippen LogP contribution in [0.25, 0.3) is 0 Å². The first-order valence-electron chi connectivity index (χ1n) is 6.98. The van der Waals surface area contributed by atoms with E-state index >= 15 is 0 Å². The highest BCUT2D eigenvalue weighted by Gasteiger charge is 2.18. The number of thiophene rings is 1. The summed E-state index contributed by atoms with van der Waals surface area (Å²) in [5.41, 5.74) is 5.50. The Morgan fingerprint density at radius 3 is 2.47 bits per heavy atom. The van der Waals surface area contributed by atoms with Crippen molar-refractivity contribution in [2.75, 3.05) is 6.54 Å². The van der Waals surface area contributed by atoms with E-state index < -0.39 is 0 Å². The second-order valence-electron chi connectivity index (χ2n) is 5.22. The van der Waals surface area contributed by atoms with Gasteiger partial charge in [-0.3, -0.25) is 0 Å². The van der Waals surface area contributed by atoms with Gasteiger partial charge in [-0.05, 0) is 61.9 Å². The minimum Gasteiger partial charge on any atom is -0.306 e. The minimum atomic E-state index is 0.334. The molecule has 1 aromatic carbocycles. The Morgan fingerprint density at radius 2 is 1.89 bits per heavy atom. The molecule has 0 aliphatic heterocycles. The van der Waals surface area contributed by atoms with E-state index in [0.717, 1.165) is 13.0 Å². The molecule has 1 nitrogen and oxygen atoms in total.